The van der Waals surface area contributed by atoms with Crippen molar-refractivity contribution in [2.75, 3.05) is 5.73 Å². The van der Waals surface area contributed by atoms with E-state index >= 15 is 0 Å². The molecule has 0 saturated heterocycles. The zero-order valence-corrected chi connectivity index (χ0v) is 7.16. The fraction of sp³-hybridized carbons (Fsp3) is 0.286. The van der Waals surface area contributed by atoms with Gasteiger partial charge in [0.2, 0.25) is 5.58 Å². The molecule has 11 heavy (non-hydrogen) atoms. The minimum absolute atomic E-state index is 0.727. The van der Waals surface area contributed by atoms with Gasteiger partial charge < -0.3 is 10.3 Å². The molecule has 0 atom stereocenters. The molecule has 0 spiro atoms. The Morgan fingerprint density at radius 3 is 2.82 bits per heavy atom. The first-order chi connectivity index (χ1) is 5.20. The van der Waals surface area contributed by atoms with E-state index < -0.39 is 0 Å². The van der Waals surface area contributed by atoms with E-state index in [2.05, 4.69) is 5.16 Å². The van der Waals surface area contributed by atoms with Crippen LogP contribution >= 0.6 is 11.3 Å². The summed E-state index contributed by atoms with van der Waals surface area (Å²) in [7, 11) is 0. The van der Waals surface area contributed by atoms with Gasteiger partial charge in [-0.05, 0) is 13.8 Å². The Balaban J connectivity index is 2.93. The lowest BCUT2D eigenvalue weighted by Gasteiger charge is -1.83. The Labute approximate surface area is 67.8 Å². The Kier molecular flexibility index (Phi) is 1.20. The second-order valence-corrected chi connectivity index (χ2v) is 3.72. The maximum atomic E-state index is 5.73. The molecule has 0 fully saturated rings. The van der Waals surface area contributed by atoms with Crippen molar-refractivity contribution in [3.63, 3.8) is 0 Å². The summed E-state index contributed by atoms with van der Waals surface area (Å²) >= 11 is 1.63. The lowest BCUT2D eigenvalue weighted by molar-refractivity contribution is 0.451. The van der Waals surface area contributed by atoms with Crippen LogP contribution in [0.5, 0.6) is 0 Å². The monoisotopic (exact) mass is 168 g/mol. The van der Waals surface area contributed by atoms with Gasteiger partial charge in [0.1, 0.15) is 0 Å². The fourth-order valence-electron chi connectivity index (χ4n) is 1.02. The summed E-state index contributed by atoms with van der Waals surface area (Å²) in [4.78, 5) is 1.10. The summed E-state index contributed by atoms with van der Waals surface area (Å²) in [6.07, 6.45) is 0. The standard InChI is InChI=1S/C7H8N2OS/c1-3-7-6(10-9-3)5(8)4(2)11-7/h8H2,1-2H3. The van der Waals surface area contributed by atoms with Gasteiger partial charge in [-0.25, -0.2) is 0 Å². The number of anilines is 1. The molecule has 2 rings (SSSR count). The second kappa shape index (κ2) is 1.98. The molecule has 2 heterocycles. The average molecular weight is 168 g/mol. The summed E-state index contributed by atoms with van der Waals surface area (Å²) in [5.41, 5.74) is 8.12. The summed E-state index contributed by atoms with van der Waals surface area (Å²) < 4.78 is 6.11. The van der Waals surface area contributed by atoms with Gasteiger partial charge in [-0.15, -0.1) is 11.3 Å². The quantitative estimate of drug-likeness (QED) is 0.655. The summed E-state index contributed by atoms with van der Waals surface area (Å²) in [6.45, 7) is 3.90. The average Bonchev–Trinajstić information content (AvgIpc) is 2.43. The smallest absolute Gasteiger partial charge is 0.201 e. The van der Waals surface area contributed by atoms with E-state index in [0.29, 0.717) is 0 Å². The Hall–Kier alpha value is -1.03. The van der Waals surface area contributed by atoms with E-state index in [1.165, 1.54) is 0 Å². The lowest BCUT2D eigenvalue weighted by Crippen LogP contribution is -1.81. The second-order valence-electron chi connectivity index (χ2n) is 2.50. The molecule has 3 nitrogen and oxygen atoms in total. The first-order valence-corrected chi connectivity index (χ1v) is 4.12. The van der Waals surface area contributed by atoms with E-state index in [1.807, 2.05) is 13.8 Å². The van der Waals surface area contributed by atoms with Crippen molar-refractivity contribution in [3.05, 3.63) is 10.6 Å². The maximum absolute atomic E-state index is 5.73. The molecule has 4 heteroatoms. The van der Waals surface area contributed by atoms with Gasteiger partial charge in [-0.1, -0.05) is 5.16 Å². The van der Waals surface area contributed by atoms with Crippen LogP contribution in [0.25, 0.3) is 10.3 Å². The third-order valence-electron chi connectivity index (χ3n) is 1.69. The number of thiophene rings is 1. The number of hydrogen-bond donors (Lipinski definition) is 1. The zero-order valence-electron chi connectivity index (χ0n) is 6.34. The highest BCUT2D eigenvalue weighted by Gasteiger charge is 2.12. The van der Waals surface area contributed by atoms with Crippen LogP contribution in [-0.2, 0) is 0 Å². The van der Waals surface area contributed by atoms with E-state index in [4.69, 9.17) is 10.3 Å². The van der Waals surface area contributed by atoms with Crippen molar-refractivity contribution < 1.29 is 4.52 Å². The van der Waals surface area contributed by atoms with Crippen molar-refractivity contribution >= 4 is 27.3 Å². The van der Waals surface area contributed by atoms with Crippen LogP contribution in [0.15, 0.2) is 4.52 Å². The summed E-state index contributed by atoms with van der Waals surface area (Å²) in [5, 5.41) is 3.81. The number of nitrogen functional groups attached to an aromatic ring is 1. The number of aromatic nitrogens is 1. The number of aryl methyl sites for hydroxylation is 2. The number of nitrogens with zero attached hydrogens (tertiary/aromatic N) is 1. The highest BCUT2D eigenvalue weighted by atomic mass is 32.1. The minimum Gasteiger partial charge on any atom is -0.395 e. The van der Waals surface area contributed by atoms with Gasteiger partial charge in [0, 0.05) is 4.88 Å². The summed E-state index contributed by atoms with van der Waals surface area (Å²) in [5.74, 6) is 0. The van der Waals surface area contributed by atoms with Crippen LogP contribution in [0.2, 0.25) is 0 Å². The van der Waals surface area contributed by atoms with Gasteiger partial charge >= 0.3 is 0 Å². The molecule has 2 aromatic heterocycles. The van der Waals surface area contributed by atoms with Crippen LogP contribution in [-0.4, -0.2) is 5.16 Å². The molecular formula is C7H8N2OS. The first-order valence-electron chi connectivity index (χ1n) is 3.31. The van der Waals surface area contributed by atoms with E-state index in [1.54, 1.807) is 11.3 Å². The van der Waals surface area contributed by atoms with E-state index in [0.717, 1.165) is 26.5 Å². The molecule has 0 amide bonds. The molecule has 58 valence electrons. The van der Waals surface area contributed by atoms with Crippen molar-refractivity contribution in [1.82, 2.24) is 5.16 Å². The molecule has 0 aliphatic heterocycles. The third kappa shape index (κ3) is 0.758. The first kappa shape index (κ1) is 6.67. The van der Waals surface area contributed by atoms with Crippen molar-refractivity contribution in [2.45, 2.75) is 13.8 Å². The molecule has 0 aliphatic rings. The maximum Gasteiger partial charge on any atom is 0.201 e. The number of fused-ring (bicyclic) bond motifs is 1. The Morgan fingerprint density at radius 2 is 2.18 bits per heavy atom. The molecule has 0 unspecified atom stereocenters. The predicted octanol–water partition coefficient (Wildman–Crippen LogP) is 2.09. The highest BCUT2D eigenvalue weighted by molar-refractivity contribution is 7.19. The van der Waals surface area contributed by atoms with Crippen molar-refractivity contribution in [3.8, 4) is 0 Å². The van der Waals surface area contributed by atoms with Crippen LogP contribution < -0.4 is 5.73 Å². The van der Waals surface area contributed by atoms with Gasteiger partial charge in [0.25, 0.3) is 0 Å². The van der Waals surface area contributed by atoms with Gasteiger partial charge in [-0.2, -0.15) is 0 Å². The van der Waals surface area contributed by atoms with Crippen LogP contribution in [0, 0.1) is 13.8 Å². The van der Waals surface area contributed by atoms with Crippen molar-refractivity contribution in [1.29, 1.82) is 0 Å². The highest BCUT2D eigenvalue weighted by Crippen LogP contribution is 2.34. The van der Waals surface area contributed by atoms with Crippen molar-refractivity contribution in [2.24, 2.45) is 0 Å². The fourth-order valence-corrected chi connectivity index (χ4v) is 1.95. The van der Waals surface area contributed by atoms with Crippen LogP contribution in [0.4, 0.5) is 5.69 Å². The van der Waals surface area contributed by atoms with Crippen LogP contribution in [0.1, 0.15) is 10.6 Å². The summed E-state index contributed by atoms with van der Waals surface area (Å²) in [6, 6.07) is 0. The molecular weight excluding hydrogens is 160 g/mol. The number of nitrogens with two attached hydrogens (primary N) is 1. The molecule has 0 radical (unpaired) electrons. The molecule has 0 aliphatic carbocycles. The van der Waals surface area contributed by atoms with Gasteiger partial charge in [0.15, 0.2) is 0 Å². The lowest BCUT2D eigenvalue weighted by atomic mass is 10.3. The van der Waals surface area contributed by atoms with Gasteiger partial charge in [-0.3, -0.25) is 0 Å². The topological polar surface area (TPSA) is 52.0 Å². The Morgan fingerprint density at radius 1 is 1.45 bits per heavy atom. The normalized spacial score (nSPS) is 11.1. The number of hydrogen-bond acceptors (Lipinski definition) is 4. The molecule has 2 aromatic rings. The zero-order chi connectivity index (χ0) is 8.01. The van der Waals surface area contributed by atoms with E-state index in [-0.39, 0.29) is 0 Å². The Bertz CT molecular complexity index is 402. The molecule has 2 N–H and O–H groups in total. The van der Waals surface area contributed by atoms with Gasteiger partial charge in [0.05, 0.1) is 16.1 Å². The third-order valence-corrected chi connectivity index (χ3v) is 2.90. The number of rotatable bonds is 0. The largest absolute Gasteiger partial charge is 0.395 e. The molecule has 0 saturated carbocycles. The SMILES string of the molecule is Cc1sc2c(C)noc2c1N. The molecule has 0 bridgehead atoms. The van der Waals surface area contributed by atoms with Crippen LogP contribution in [0.3, 0.4) is 0 Å². The predicted molar refractivity (Wildman–Crippen MR) is 45.8 cm³/mol. The molecule has 0 aromatic carbocycles. The van der Waals surface area contributed by atoms with E-state index in [9.17, 15) is 0 Å². The minimum atomic E-state index is 0.727.